The molecule has 1 aliphatic heterocycles. The van der Waals surface area contributed by atoms with Gasteiger partial charge in [-0.25, -0.2) is 4.79 Å². The lowest BCUT2D eigenvalue weighted by molar-refractivity contribution is -0.149. The van der Waals surface area contributed by atoms with Crippen LogP contribution in [0.4, 0.5) is 0 Å². The molecule has 0 bridgehead atoms. The number of amides is 1. The smallest absolute Gasteiger partial charge is 0.331 e. The summed E-state index contributed by atoms with van der Waals surface area (Å²) < 4.78 is 0. The maximum atomic E-state index is 12.5. The number of carbonyl (C=O) groups is 2. The summed E-state index contributed by atoms with van der Waals surface area (Å²) in [6, 6.07) is 3.26. The van der Waals surface area contributed by atoms with Crippen molar-refractivity contribution in [3.63, 3.8) is 0 Å². The van der Waals surface area contributed by atoms with Gasteiger partial charge in [0.2, 0.25) is 5.91 Å². The van der Waals surface area contributed by atoms with Crippen molar-refractivity contribution >= 4 is 23.2 Å². The van der Waals surface area contributed by atoms with Gasteiger partial charge in [0.05, 0.1) is 0 Å². The highest BCUT2D eigenvalue weighted by Crippen LogP contribution is 2.27. The number of carbonyl (C=O) groups excluding carboxylic acids is 1. The predicted molar refractivity (Wildman–Crippen MR) is 91.5 cm³/mol. The van der Waals surface area contributed by atoms with Crippen molar-refractivity contribution < 1.29 is 14.7 Å². The summed E-state index contributed by atoms with van der Waals surface area (Å²) in [5, 5.41) is 11.3. The molecule has 0 aliphatic carbocycles. The quantitative estimate of drug-likeness (QED) is 0.866. The normalized spacial score (nSPS) is 18.1. The number of piperidine rings is 1. The number of carboxylic acids is 1. The van der Waals surface area contributed by atoms with E-state index in [1.165, 1.54) is 16.2 Å². The van der Waals surface area contributed by atoms with Crippen LogP contribution < -0.4 is 0 Å². The zero-order valence-corrected chi connectivity index (χ0v) is 14.9. The molecular formula is C17H26N2O3S. The predicted octanol–water partition coefficient (Wildman–Crippen LogP) is 2.84. The minimum Gasteiger partial charge on any atom is -0.479 e. The number of likely N-dealkylation sites (tertiary alicyclic amines) is 1. The monoisotopic (exact) mass is 338 g/mol. The van der Waals surface area contributed by atoms with E-state index in [1.54, 1.807) is 13.1 Å². The second-order valence-electron chi connectivity index (χ2n) is 6.54. The molecule has 0 unspecified atom stereocenters. The third-order valence-corrected chi connectivity index (χ3v) is 5.59. The molecule has 1 aromatic rings. The average molecular weight is 338 g/mol. The van der Waals surface area contributed by atoms with Crippen molar-refractivity contribution in [2.24, 2.45) is 5.92 Å². The van der Waals surface area contributed by atoms with Crippen LogP contribution in [0, 0.1) is 5.92 Å². The van der Waals surface area contributed by atoms with Gasteiger partial charge in [-0.1, -0.05) is 6.07 Å². The molecular weight excluding hydrogens is 312 g/mol. The molecule has 1 atom stereocenters. The Morgan fingerprint density at radius 2 is 2.04 bits per heavy atom. The molecule has 5 nitrogen and oxygen atoms in total. The Morgan fingerprint density at radius 3 is 2.52 bits per heavy atom. The summed E-state index contributed by atoms with van der Waals surface area (Å²) in [5.74, 6) is -0.690. The van der Waals surface area contributed by atoms with Crippen molar-refractivity contribution in [2.75, 3.05) is 20.1 Å². The van der Waals surface area contributed by atoms with Crippen LogP contribution in [-0.2, 0) is 9.59 Å². The Hall–Kier alpha value is -1.40. The number of hydrogen-bond donors (Lipinski definition) is 1. The summed E-state index contributed by atoms with van der Waals surface area (Å²) >= 11 is 1.37. The summed E-state index contributed by atoms with van der Waals surface area (Å²) in [7, 11) is 1.60. The van der Waals surface area contributed by atoms with Gasteiger partial charge in [0.1, 0.15) is 0 Å². The number of rotatable bonds is 6. The molecule has 1 amide bonds. The number of nitrogens with zero attached hydrogens (tertiary/aromatic N) is 2. The van der Waals surface area contributed by atoms with E-state index >= 15 is 0 Å². The van der Waals surface area contributed by atoms with E-state index in [0.29, 0.717) is 23.3 Å². The van der Waals surface area contributed by atoms with E-state index in [4.69, 9.17) is 0 Å². The van der Waals surface area contributed by atoms with Crippen molar-refractivity contribution in [3.05, 3.63) is 22.4 Å². The number of aliphatic carboxylic acids is 1. The molecule has 1 saturated heterocycles. The minimum atomic E-state index is -0.974. The van der Waals surface area contributed by atoms with Gasteiger partial charge >= 0.3 is 5.97 Å². The van der Waals surface area contributed by atoms with Crippen molar-refractivity contribution in [3.8, 4) is 0 Å². The van der Waals surface area contributed by atoms with Crippen molar-refractivity contribution in [2.45, 2.75) is 45.2 Å². The molecule has 1 N–H and O–H groups in total. The number of likely N-dealkylation sites (N-methyl/N-ethyl adjacent to an activating group) is 1. The van der Waals surface area contributed by atoms with Crippen LogP contribution in [0.15, 0.2) is 17.5 Å². The lowest BCUT2D eigenvalue weighted by Crippen LogP contribution is -2.41. The molecule has 0 radical (unpaired) electrons. The summed E-state index contributed by atoms with van der Waals surface area (Å²) in [6.07, 6.45) is 2.46. The van der Waals surface area contributed by atoms with Gasteiger partial charge in [-0.2, -0.15) is 0 Å². The second kappa shape index (κ2) is 7.93. The van der Waals surface area contributed by atoms with Crippen LogP contribution in [0.3, 0.4) is 0 Å². The van der Waals surface area contributed by atoms with E-state index < -0.39 is 12.0 Å². The zero-order valence-electron chi connectivity index (χ0n) is 14.1. The number of hydrogen-bond acceptors (Lipinski definition) is 4. The van der Waals surface area contributed by atoms with E-state index in [2.05, 4.69) is 18.7 Å². The lowest BCUT2D eigenvalue weighted by Gasteiger charge is -2.35. The van der Waals surface area contributed by atoms with Gasteiger partial charge in [-0.15, -0.1) is 11.3 Å². The third kappa shape index (κ3) is 4.54. The van der Waals surface area contributed by atoms with Gasteiger partial charge < -0.3 is 14.9 Å². The molecule has 6 heteroatoms. The van der Waals surface area contributed by atoms with Crippen LogP contribution in [-0.4, -0.2) is 53.0 Å². The van der Waals surface area contributed by atoms with E-state index in [1.807, 2.05) is 11.4 Å². The van der Waals surface area contributed by atoms with Crippen LogP contribution in [0.2, 0.25) is 0 Å². The molecule has 0 spiro atoms. The standard InChI is InChI=1S/C17H26N2O3S/c1-12(2)19-8-6-13(7-9-19)11-15(20)18(3)16(17(21)22)14-5-4-10-23-14/h4-5,10,12-13,16H,6-9,11H2,1-3H3,(H,21,22)/t16-/m0/s1. The Labute approximate surface area is 141 Å². The minimum absolute atomic E-state index is 0.0752. The lowest BCUT2D eigenvalue weighted by atomic mass is 9.92. The summed E-state index contributed by atoms with van der Waals surface area (Å²) in [5.41, 5.74) is 0. The zero-order chi connectivity index (χ0) is 17.0. The topological polar surface area (TPSA) is 60.9 Å². The van der Waals surface area contributed by atoms with Gasteiger partial charge in [-0.05, 0) is 57.1 Å². The maximum Gasteiger partial charge on any atom is 0.331 e. The highest BCUT2D eigenvalue weighted by molar-refractivity contribution is 7.10. The van der Waals surface area contributed by atoms with Crippen LogP contribution in [0.25, 0.3) is 0 Å². The Bertz CT molecular complexity index is 522. The summed E-state index contributed by atoms with van der Waals surface area (Å²) in [6.45, 7) is 6.43. The average Bonchev–Trinajstić information content (AvgIpc) is 3.01. The Kier molecular flexibility index (Phi) is 6.18. The van der Waals surface area contributed by atoms with Gasteiger partial charge in [0.15, 0.2) is 6.04 Å². The largest absolute Gasteiger partial charge is 0.479 e. The molecule has 1 aromatic heterocycles. The maximum absolute atomic E-state index is 12.5. The van der Waals surface area contributed by atoms with Gasteiger partial charge in [0.25, 0.3) is 0 Å². The fourth-order valence-corrected chi connectivity index (χ4v) is 3.99. The first-order valence-corrected chi connectivity index (χ1v) is 9.04. The molecule has 0 aromatic carbocycles. The van der Waals surface area contributed by atoms with E-state index in [9.17, 15) is 14.7 Å². The highest BCUT2D eigenvalue weighted by atomic mass is 32.1. The van der Waals surface area contributed by atoms with Gasteiger partial charge in [0, 0.05) is 24.4 Å². The van der Waals surface area contributed by atoms with Gasteiger partial charge in [-0.3, -0.25) is 4.79 Å². The summed E-state index contributed by atoms with van der Waals surface area (Å²) in [4.78, 5) is 28.6. The molecule has 2 rings (SSSR count). The first-order chi connectivity index (χ1) is 10.9. The molecule has 23 heavy (non-hydrogen) atoms. The number of carboxylic acid groups (broad SMARTS) is 1. The highest BCUT2D eigenvalue weighted by Gasteiger charge is 2.31. The fraction of sp³-hybridized carbons (Fsp3) is 0.647. The molecule has 2 heterocycles. The molecule has 128 valence electrons. The first kappa shape index (κ1) is 17.9. The van der Waals surface area contributed by atoms with E-state index in [0.717, 1.165) is 25.9 Å². The number of thiophene rings is 1. The molecule has 0 saturated carbocycles. The molecule has 1 fully saturated rings. The van der Waals surface area contributed by atoms with Crippen molar-refractivity contribution in [1.29, 1.82) is 0 Å². The first-order valence-electron chi connectivity index (χ1n) is 8.16. The Balaban J connectivity index is 1.93. The second-order valence-corrected chi connectivity index (χ2v) is 7.52. The van der Waals surface area contributed by atoms with Crippen LogP contribution in [0.5, 0.6) is 0 Å². The molecule has 1 aliphatic rings. The Morgan fingerprint density at radius 1 is 1.39 bits per heavy atom. The third-order valence-electron chi connectivity index (χ3n) is 4.67. The SMILES string of the molecule is CC(C)N1CCC(CC(=O)N(C)[C@H](C(=O)O)c2cccs2)CC1. The van der Waals surface area contributed by atoms with Crippen LogP contribution in [0.1, 0.15) is 44.0 Å². The van der Waals surface area contributed by atoms with E-state index in [-0.39, 0.29) is 5.91 Å². The van der Waals surface area contributed by atoms with Crippen LogP contribution >= 0.6 is 11.3 Å². The van der Waals surface area contributed by atoms with Crippen molar-refractivity contribution in [1.82, 2.24) is 9.80 Å². The fourth-order valence-electron chi connectivity index (χ4n) is 3.13.